The molecule has 0 heterocycles. The van der Waals surface area contributed by atoms with E-state index in [2.05, 4.69) is 0 Å². The van der Waals surface area contributed by atoms with Gasteiger partial charge in [-0.15, -0.1) is 0 Å². The highest BCUT2D eigenvalue weighted by atomic mass is 32.2. The van der Waals surface area contributed by atoms with Crippen LogP contribution in [0, 0.1) is 17.8 Å². The van der Waals surface area contributed by atoms with Gasteiger partial charge in [0.1, 0.15) is 0 Å². The van der Waals surface area contributed by atoms with Gasteiger partial charge in [0.05, 0.1) is 5.92 Å². The van der Waals surface area contributed by atoms with Crippen molar-refractivity contribution >= 4 is 22.1 Å². The summed E-state index contributed by atoms with van der Waals surface area (Å²) < 4.78 is 31.9. The van der Waals surface area contributed by atoms with E-state index in [0.29, 0.717) is 38.5 Å². The second-order valence-corrected chi connectivity index (χ2v) is 8.75. The number of carboxylic acids is 2. The summed E-state index contributed by atoms with van der Waals surface area (Å²) in [4.78, 5) is 24.2. The molecule has 2 aliphatic rings. The SMILES string of the molecule is N.O=C(O)C(C1CCCCC1)C(C(=O)O)(C1CCCCC1)S(=O)(=O)O. The van der Waals surface area contributed by atoms with Gasteiger partial charge in [-0.25, -0.2) is 0 Å². The molecule has 0 saturated heterocycles. The zero-order valence-corrected chi connectivity index (χ0v) is 15.2. The summed E-state index contributed by atoms with van der Waals surface area (Å²) in [7, 11) is -5.10. The summed E-state index contributed by atoms with van der Waals surface area (Å²) in [5.41, 5.74) is 0. The van der Waals surface area contributed by atoms with Crippen LogP contribution in [0.25, 0.3) is 0 Å². The first kappa shape index (κ1) is 21.9. The van der Waals surface area contributed by atoms with Gasteiger partial charge in [-0.2, -0.15) is 8.42 Å². The van der Waals surface area contributed by atoms with Crippen LogP contribution in [0.4, 0.5) is 0 Å². The van der Waals surface area contributed by atoms with E-state index in [1.807, 2.05) is 0 Å². The lowest BCUT2D eigenvalue weighted by Gasteiger charge is -2.43. The normalized spacial score (nSPS) is 23.9. The number of aliphatic carboxylic acids is 2. The summed E-state index contributed by atoms with van der Waals surface area (Å²) >= 11 is 0. The fourth-order valence-electron chi connectivity index (χ4n) is 4.78. The Morgan fingerprint density at radius 3 is 1.68 bits per heavy atom. The third-order valence-corrected chi connectivity index (χ3v) is 7.44. The molecular weight excluding hydrogens is 350 g/mol. The highest BCUT2D eigenvalue weighted by molar-refractivity contribution is 7.88. The van der Waals surface area contributed by atoms with Crippen LogP contribution in [0.5, 0.6) is 0 Å². The van der Waals surface area contributed by atoms with Gasteiger partial charge < -0.3 is 16.4 Å². The Kier molecular flexibility index (Phi) is 7.40. The molecule has 0 amide bonds. The van der Waals surface area contributed by atoms with Crippen molar-refractivity contribution in [3.63, 3.8) is 0 Å². The molecule has 2 saturated carbocycles. The third kappa shape index (κ3) is 3.98. The lowest BCUT2D eigenvalue weighted by atomic mass is 9.66. The number of hydrogen-bond acceptors (Lipinski definition) is 5. The Bertz CT molecular complexity index is 579. The fraction of sp³-hybridized carbons (Fsp3) is 0.875. The van der Waals surface area contributed by atoms with Crippen molar-refractivity contribution in [3.8, 4) is 0 Å². The lowest BCUT2D eigenvalue weighted by Crippen LogP contribution is -2.62. The molecule has 0 aliphatic heterocycles. The van der Waals surface area contributed by atoms with Crippen molar-refractivity contribution in [2.45, 2.75) is 69.0 Å². The molecular formula is C16H29NO7S. The first-order chi connectivity index (χ1) is 11.2. The number of carbonyl (C=O) groups is 2. The largest absolute Gasteiger partial charge is 0.481 e. The molecule has 2 atom stereocenters. The van der Waals surface area contributed by atoms with Gasteiger partial charge >= 0.3 is 11.9 Å². The Morgan fingerprint density at radius 2 is 1.32 bits per heavy atom. The summed E-state index contributed by atoms with van der Waals surface area (Å²) in [6.07, 6.45) is 6.16. The molecule has 6 N–H and O–H groups in total. The van der Waals surface area contributed by atoms with Crippen molar-refractivity contribution in [1.82, 2.24) is 6.15 Å². The van der Waals surface area contributed by atoms with Crippen LogP contribution in [0.15, 0.2) is 0 Å². The van der Waals surface area contributed by atoms with E-state index < -0.39 is 44.6 Å². The minimum atomic E-state index is -5.10. The zero-order chi connectivity index (χ0) is 18.0. The van der Waals surface area contributed by atoms with Crippen LogP contribution in [0.3, 0.4) is 0 Å². The van der Waals surface area contributed by atoms with Gasteiger partial charge in [-0.3, -0.25) is 14.1 Å². The van der Waals surface area contributed by atoms with Gasteiger partial charge in [0.15, 0.2) is 0 Å². The van der Waals surface area contributed by atoms with E-state index in [1.165, 1.54) is 0 Å². The molecule has 25 heavy (non-hydrogen) atoms. The van der Waals surface area contributed by atoms with E-state index in [4.69, 9.17) is 0 Å². The molecule has 146 valence electrons. The first-order valence-electron chi connectivity index (χ1n) is 8.66. The van der Waals surface area contributed by atoms with Gasteiger partial charge in [-0.1, -0.05) is 38.5 Å². The summed E-state index contributed by atoms with van der Waals surface area (Å²) in [6, 6.07) is 0. The third-order valence-electron chi connectivity index (χ3n) is 5.82. The molecule has 0 radical (unpaired) electrons. The van der Waals surface area contributed by atoms with Crippen molar-refractivity contribution in [2.75, 3.05) is 0 Å². The van der Waals surface area contributed by atoms with E-state index in [9.17, 15) is 32.8 Å². The lowest BCUT2D eigenvalue weighted by molar-refractivity contribution is -0.157. The van der Waals surface area contributed by atoms with Crippen molar-refractivity contribution in [3.05, 3.63) is 0 Å². The molecule has 0 spiro atoms. The number of hydrogen-bond donors (Lipinski definition) is 4. The Hall–Kier alpha value is -1.19. The van der Waals surface area contributed by atoms with Gasteiger partial charge in [0, 0.05) is 0 Å². The average Bonchev–Trinajstić information content (AvgIpc) is 2.52. The Balaban J connectivity index is 0.00000312. The van der Waals surface area contributed by atoms with Crippen molar-refractivity contribution in [2.24, 2.45) is 17.8 Å². The highest BCUT2D eigenvalue weighted by Gasteiger charge is 2.65. The van der Waals surface area contributed by atoms with E-state index in [1.54, 1.807) is 0 Å². The second-order valence-electron chi connectivity index (χ2n) is 7.12. The summed E-state index contributed by atoms with van der Waals surface area (Å²) in [5, 5.41) is 19.6. The molecule has 9 heteroatoms. The number of carboxylic acid groups (broad SMARTS) is 2. The van der Waals surface area contributed by atoms with Gasteiger partial charge in [0.25, 0.3) is 10.1 Å². The zero-order valence-electron chi connectivity index (χ0n) is 14.4. The van der Waals surface area contributed by atoms with Gasteiger partial charge in [-0.05, 0) is 37.5 Å². The predicted octanol–water partition coefficient (Wildman–Crippen LogP) is 2.72. The fourth-order valence-corrected chi connectivity index (χ4v) is 6.27. The predicted molar refractivity (Wildman–Crippen MR) is 91.2 cm³/mol. The van der Waals surface area contributed by atoms with Crippen LogP contribution < -0.4 is 6.15 Å². The molecule has 0 aromatic heterocycles. The highest BCUT2D eigenvalue weighted by Crippen LogP contribution is 2.48. The van der Waals surface area contributed by atoms with Crippen LogP contribution >= 0.6 is 0 Å². The van der Waals surface area contributed by atoms with Crippen molar-refractivity contribution in [1.29, 1.82) is 0 Å². The molecule has 2 rings (SSSR count). The van der Waals surface area contributed by atoms with Crippen LogP contribution in [-0.4, -0.2) is 39.9 Å². The molecule has 0 aromatic rings. The maximum Gasteiger partial charge on any atom is 0.328 e. The van der Waals surface area contributed by atoms with E-state index in [0.717, 1.165) is 25.7 Å². The Labute approximate surface area is 148 Å². The molecule has 2 unspecified atom stereocenters. The standard InChI is InChI=1S/C16H26O7S.H3N/c17-14(18)13(11-7-3-1-4-8-11)16(15(19)20,24(21,22)23)12-9-5-2-6-10-12;/h11-13H,1-10H2,(H,17,18)(H,19,20)(H,21,22,23);1H3. The molecule has 0 aromatic carbocycles. The van der Waals surface area contributed by atoms with Crippen LogP contribution in [0.2, 0.25) is 0 Å². The minimum absolute atomic E-state index is 0. The van der Waals surface area contributed by atoms with E-state index in [-0.39, 0.29) is 6.15 Å². The minimum Gasteiger partial charge on any atom is -0.481 e. The monoisotopic (exact) mass is 379 g/mol. The molecule has 0 bridgehead atoms. The molecule has 2 aliphatic carbocycles. The van der Waals surface area contributed by atoms with E-state index >= 15 is 0 Å². The average molecular weight is 379 g/mol. The topological polar surface area (TPSA) is 164 Å². The number of rotatable bonds is 6. The molecule has 2 fully saturated rings. The maximum absolute atomic E-state index is 12.3. The smallest absolute Gasteiger partial charge is 0.328 e. The first-order valence-corrected chi connectivity index (χ1v) is 10.1. The van der Waals surface area contributed by atoms with Crippen molar-refractivity contribution < 1.29 is 32.8 Å². The summed E-state index contributed by atoms with van der Waals surface area (Å²) in [6.45, 7) is 0. The van der Waals surface area contributed by atoms with Gasteiger partial charge in [0.2, 0.25) is 4.75 Å². The Morgan fingerprint density at radius 1 is 0.880 bits per heavy atom. The van der Waals surface area contributed by atoms with Crippen LogP contribution in [0.1, 0.15) is 64.2 Å². The quantitative estimate of drug-likeness (QED) is 0.511. The summed E-state index contributed by atoms with van der Waals surface area (Å²) in [5.74, 6) is -6.20. The maximum atomic E-state index is 12.3. The molecule has 8 nitrogen and oxygen atoms in total. The second kappa shape index (κ2) is 8.46. The van der Waals surface area contributed by atoms with Crippen LogP contribution in [-0.2, 0) is 19.7 Å².